The predicted octanol–water partition coefficient (Wildman–Crippen LogP) is 2.24. The third-order valence-electron chi connectivity index (χ3n) is 1.83. The van der Waals surface area contributed by atoms with Gasteiger partial charge in [-0.2, -0.15) is 0 Å². The van der Waals surface area contributed by atoms with Crippen LogP contribution in [-0.2, 0) is 9.53 Å². The van der Waals surface area contributed by atoms with Crippen molar-refractivity contribution in [3.8, 4) is 0 Å². The van der Waals surface area contributed by atoms with Crippen LogP contribution in [-0.4, -0.2) is 17.6 Å². The van der Waals surface area contributed by atoms with Crippen LogP contribution in [0.15, 0.2) is 0 Å². The normalized spacial score (nSPS) is 13.8. The van der Waals surface area contributed by atoms with Crippen LogP contribution in [0.5, 0.6) is 0 Å². The molecule has 0 aliphatic rings. The van der Waals surface area contributed by atoms with Gasteiger partial charge >= 0.3 is 5.97 Å². The maximum Gasteiger partial charge on any atom is 0.323 e. The van der Waals surface area contributed by atoms with Crippen molar-refractivity contribution in [2.24, 2.45) is 5.73 Å². The molecule has 0 saturated heterocycles. The van der Waals surface area contributed by atoms with Crippen LogP contribution in [0.4, 0.5) is 0 Å². The third-order valence-corrected chi connectivity index (χ3v) is 1.83. The first-order valence-electron chi connectivity index (χ1n) is 5.35. The Balaban J connectivity index is 3.77. The predicted molar refractivity (Wildman–Crippen MR) is 58.0 cm³/mol. The molecule has 2 N–H and O–H groups in total. The minimum Gasteiger partial charge on any atom is -0.459 e. The van der Waals surface area contributed by atoms with Crippen LogP contribution in [0, 0.1) is 0 Å². The molecule has 0 aliphatic heterocycles. The highest BCUT2D eigenvalue weighted by molar-refractivity contribution is 5.75. The van der Waals surface area contributed by atoms with Gasteiger partial charge in [0.15, 0.2) is 0 Å². The molecule has 0 aromatic heterocycles. The Bertz CT molecular complexity index is 173. The molecule has 0 amide bonds. The van der Waals surface area contributed by atoms with E-state index in [9.17, 15) is 4.79 Å². The molecule has 1 atom stereocenters. The lowest BCUT2D eigenvalue weighted by atomic mass is 10.1. The maximum absolute atomic E-state index is 11.4. The molecule has 14 heavy (non-hydrogen) atoms. The molecule has 0 unspecified atom stereocenters. The number of ether oxygens (including phenoxy) is 1. The zero-order valence-corrected chi connectivity index (χ0v) is 9.80. The lowest BCUT2D eigenvalue weighted by Crippen LogP contribution is -2.37. The van der Waals surface area contributed by atoms with Gasteiger partial charge in [0.1, 0.15) is 11.6 Å². The van der Waals surface area contributed by atoms with Gasteiger partial charge in [0.25, 0.3) is 0 Å². The van der Waals surface area contributed by atoms with Crippen molar-refractivity contribution in [3.63, 3.8) is 0 Å². The molecule has 0 rings (SSSR count). The fraction of sp³-hybridized carbons (Fsp3) is 0.909. The van der Waals surface area contributed by atoms with Gasteiger partial charge in [-0.05, 0) is 27.2 Å². The van der Waals surface area contributed by atoms with Gasteiger partial charge in [-0.15, -0.1) is 0 Å². The molecule has 0 aromatic carbocycles. The van der Waals surface area contributed by atoms with Crippen LogP contribution in [0.2, 0.25) is 0 Å². The van der Waals surface area contributed by atoms with Gasteiger partial charge in [-0.25, -0.2) is 0 Å². The third kappa shape index (κ3) is 6.89. The Morgan fingerprint density at radius 3 is 2.36 bits per heavy atom. The molecule has 0 saturated carbocycles. The monoisotopic (exact) mass is 201 g/mol. The van der Waals surface area contributed by atoms with E-state index in [4.69, 9.17) is 10.5 Å². The summed E-state index contributed by atoms with van der Waals surface area (Å²) in [5.41, 5.74) is 5.26. The average molecular weight is 201 g/mol. The zero-order chi connectivity index (χ0) is 11.2. The van der Waals surface area contributed by atoms with E-state index in [1.165, 1.54) is 0 Å². The Kier molecular flexibility index (Phi) is 5.77. The molecule has 0 aliphatic carbocycles. The van der Waals surface area contributed by atoms with Crippen molar-refractivity contribution in [1.82, 2.24) is 0 Å². The van der Waals surface area contributed by atoms with Crippen molar-refractivity contribution in [1.29, 1.82) is 0 Å². The number of nitrogens with two attached hydrogens (primary N) is 1. The maximum atomic E-state index is 11.4. The van der Waals surface area contributed by atoms with Gasteiger partial charge in [0.2, 0.25) is 0 Å². The Labute approximate surface area is 87.0 Å². The van der Waals surface area contributed by atoms with Crippen LogP contribution in [0.25, 0.3) is 0 Å². The molecule has 0 bridgehead atoms. The molecule has 84 valence electrons. The Hall–Kier alpha value is -0.570. The van der Waals surface area contributed by atoms with E-state index >= 15 is 0 Å². The highest BCUT2D eigenvalue weighted by atomic mass is 16.6. The Morgan fingerprint density at radius 1 is 1.36 bits per heavy atom. The van der Waals surface area contributed by atoms with Crippen molar-refractivity contribution < 1.29 is 9.53 Å². The fourth-order valence-electron chi connectivity index (χ4n) is 1.11. The highest BCUT2D eigenvalue weighted by Gasteiger charge is 2.21. The second-order valence-corrected chi connectivity index (χ2v) is 4.64. The second kappa shape index (κ2) is 6.02. The molecular weight excluding hydrogens is 178 g/mol. The van der Waals surface area contributed by atoms with Crippen LogP contribution < -0.4 is 5.73 Å². The molecule has 3 heteroatoms. The first-order chi connectivity index (χ1) is 6.37. The summed E-state index contributed by atoms with van der Waals surface area (Å²) in [6.07, 6.45) is 3.98. The second-order valence-electron chi connectivity index (χ2n) is 4.64. The van der Waals surface area contributed by atoms with Gasteiger partial charge in [-0.3, -0.25) is 4.79 Å². The zero-order valence-electron chi connectivity index (χ0n) is 9.80. The SMILES string of the molecule is CCCCC[C@H](N)C(=O)OC(C)(C)C. The number of hydrogen-bond donors (Lipinski definition) is 1. The summed E-state index contributed by atoms with van der Waals surface area (Å²) in [5.74, 6) is -0.284. The average Bonchev–Trinajstić information content (AvgIpc) is 2.01. The lowest BCUT2D eigenvalue weighted by molar-refractivity contribution is -0.156. The number of carbonyl (C=O) groups excluding carboxylic acids is 1. The fourth-order valence-corrected chi connectivity index (χ4v) is 1.11. The molecular formula is C11H23NO2. The minimum atomic E-state index is -0.458. The first-order valence-corrected chi connectivity index (χ1v) is 5.35. The summed E-state index contributed by atoms with van der Waals surface area (Å²) >= 11 is 0. The quantitative estimate of drug-likeness (QED) is 0.548. The van der Waals surface area contributed by atoms with E-state index in [-0.39, 0.29) is 5.97 Å². The number of hydrogen-bond acceptors (Lipinski definition) is 3. The molecule has 0 heterocycles. The van der Waals surface area contributed by atoms with Gasteiger partial charge in [-0.1, -0.05) is 26.2 Å². The number of carbonyl (C=O) groups is 1. The van der Waals surface area contributed by atoms with Crippen LogP contribution in [0.3, 0.4) is 0 Å². The molecule has 3 nitrogen and oxygen atoms in total. The van der Waals surface area contributed by atoms with Crippen molar-refractivity contribution in [2.75, 3.05) is 0 Å². The Morgan fingerprint density at radius 2 is 1.93 bits per heavy atom. The van der Waals surface area contributed by atoms with E-state index in [0.29, 0.717) is 0 Å². The largest absolute Gasteiger partial charge is 0.459 e. The van der Waals surface area contributed by atoms with Crippen molar-refractivity contribution in [2.45, 2.75) is 65.0 Å². The summed E-state index contributed by atoms with van der Waals surface area (Å²) in [6.45, 7) is 7.68. The van der Waals surface area contributed by atoms with Gasteiger partial charge in [0.05, 0.1) is 0 Å². The molecule has 0 fully saturated rings. The summed E-state index contributed by atoms with van der Waals surface area (Å²) in [7, 11) is 0. The van der Waals surface area contributed by atoms with E-state index < -0.39 is 11.6 Å². The van der Waals surface area contributed by atoms with Crippen molar-refractivity contribution >= 4 is 5.97 Å². The highest BCUT2D eigenvalue weighted by Crippen LogP contribution is 2.10. The van der Waals surface area contributed by atoms with Crippen LogP contribution >= 0.6 is 0 Å². The topological polar surface area (TPSA) is 52.3 Å². The number of esters is 1. The molecule has 0 radical (unpaired) electrons. The summed E-state index contributed by atoms with van der Waals surface area (Å²) < 4.78 is 5.17. The van der Waals surface area contributed by atoms with E-state index in [0.717, 1.165) is 25.7 Å². The first kappa shape index (κ1) is 13.4. The van der Waals surface area contributed by atoms with Crippen molar-refractivity contribution in [3.05, 3.63) is 0 Å². The lowest BCUT2D eigenvalue weighted by Gasteiger charge is -2.22. The van der Waals surface area contributed by atoms with E-state index in [1.807, 2.05) is 20.8 Å². The molecule has 0 aromatic rings. The summed E-state index contributed by atoms with van der Waals surface area (Å²) in [4.78, 5) is 11.4. The smallest absolute Gasteiger partial charge is 0.323 e. The van der Waals surface area contributed by atoms with E-state index in [2.05, 4.69) is 6.92 Å². The molecule has 0 spiro atoms. The van der Waals surface area contributed by atoms with Gasteiger partial charge < -0.3 is 10.5 Å². The summed E-state index contributed by atoms with van der Waals surface area (Å²) in [5, 5.41) is 0. The van der Waals surface area contributed by atoms with Gasteiger partial charge in [0, 0.05) is 0 Å². The number of rotatable bonds is 5. The number of unbranched alkanes of at least 4 members (excludes halogenated alkanes) is 2. The van der Waals surface area contributed by atoms with E-state index in [1.54, 1.807) is 0 Å². The minimum absolute atomic E-state index is 0.284. The summed E-state index contributed by atoms with van der Waals surface area (Å²) in [6, 6.07) is -0.458. The standard InChI is InChI=1S/C11H23NO2/c1-5-6-7-8-9(12)10(13)14-11(2,3)4/h9H,5-8,12H2,1-4H3/t9-/m0/s1. The van der Waals surface area contributed by atoms with Crippen LogP contribution in [0.1, 0.15) is 53.4 Å².